The predicted molar refractivity (Wildman–Crippen MR) is 203 cm³/mol. The van der Waals surface area contributed by atoms with Crippen LogP contribution in [0.1, 0.15) is 154 Å². The summed E-state index contributed by atoms with van der Waals surface area (Å²) in [5.41, 5.74) is 0.707. The highest BCUT2D eigenvalue weighted by molar-refractivity contribution is 5.40. The molecule has 0 unspecified atom stereocenters. The Kier molecular flexibility index (Phi) is 12.2. The quantitative estimate of drug-likeness (QED) is 0.212. The van der Waals surface area contributed by atoms with Crippen molar-refractivity contribution >= 4 is 11.9 Å². The smallest absolute Gasteiger partial charge is 0.230 e. The highest BCUT2D eigenvalue weighted by Gasteiger charge is 2.46. The van der Waals surface area contributed by atoms with E-state index in [1.165, 1.54) is 38.6 Å². The highest BCUT2D eigenvalue weighted by Crippen LogP contribution is 2.41. The minimum absolute atomic E-state index is 0.0875. The number of likely N-dealkylation sites (tertiary alicyclic amines) is 2. The lowest BCUT2D eigenvalue weighted by molar-refractivity contribution is -0.0426. The molecule has 3 heterocycles. The van der Waals surface area contributed by atoms with Crippen LogP contribution in [0, 0.1) is 12.3 Å². The van der Waals surface area contributed by atoms with Gasteiger partial charge < -0.3 is 15.1 Å². The molecular weight excluding hydrogens is 580 g/mol. The number of nitrogens with zero attached hydrogens (tertiary/aromatic N) is 7. The van der Waals surface area contributed by atoms with Gasteiger partial charge in [-0.25, -0.2) is 0 Å². The van der Waals surface area contributed by atoms with Crippen LogP contribution in [0.2, 0.25) is 0 Å². The molecule has 0 bridgehead atoms. The van der Waals surface area contributed by atoms with E-state index in [0.29, 0.717) is 18.0 Å². The van der Waals surface area contributed by atoms with Crippen molar-refractivity contribution in [2.75, 3.05) is 44.4 Å². The molecule has 0 aromatic carbocycles. The molecular formula is C39H76N8. The maximum absolute atomic E-state index is 5.13. The van der Waals surface area contributed by atoms with Crippen LogP contribution in [0.25, 0.3) is 0 Å². The molecule has 0 atom stereocenters. The van der Waals surface area contributed by atoms with Crippen molar-refractivity contribution in [1.82, 2.24) is 29.7 Å². The highest BCUT2D eigenvalue weighted by atomic mass is 15.3. The van der Waals surface area contributed by atoms with E-state index in [1.807, 2.05) is 6.92 Å². The summed E-state index contributed by atoms with van der Waals surface area (Å²) in [6, 6.07) is 1.02. The molecule has 272 valence electrons. The Balaban J connectivity index is 1.71. The average molecular weight is 657 g/mol. The fourth-order valence-electron chi connectivity index (χ4n) is 9.12. The standard InChI is InChI=1S/C39H76N8/c1-29-40-32(43-35(5,6)28-34(2,3)4)42-33(41-29)47(31-26-38(11,12)46(17)39(13,14)27-31)23-21-19-18-20-22-44(15)30-24-36(7,8)45(16)37(9,10)25-30/h30-31H,18-28H2,1-17H3,(H,40,41,42,43). The second kappa shape index (κ2) is 14.4. The SMILES string of the molecule is Cc1nc(NC(C)(C)CC(C)(C)C)nc(N(CCCCCCN(C)C2CC(C)(C)N(C)C(C)(C)C2)C2CC(C)(C)N(C)C(C)(C)C2)n1. The first-order valence-electron chi connectivity index (χ1n) is 18.7. The lowest BCUT2D eigenvalue weighted by Gasteiger charge is -2.55. The van der Waals surface area contributed by atoms with E-state index >= 15 is 0 Å². The van der Waals surface area contributed by atoms with Gasteiger partial charge in [0.05, 0.1) is 0 Å². The van der Waals surface area contributed by atoms with Gasteiger partial charge in [-0.2, -0.15) is 15.0 Å². The molecule has 47 heavy (non-hydrogen) atoms. The van der Waals surface area contributed by atoms with Crippen molar-refractivity contribution in [3.05, 3.63) is 5.82 Å². The molecule has 3 rings (SSSR count). The zero-order valence-electron chi connectivity index (χ0n) is 34.1. The fourth-order valence-corrected chi connectivity index (χ4v) is 9.12. The van der Waals surface area contributed by atoms with E-state index in [2.05, 4.69) is 136 Å². The summed E-state index contributed by atoms with van der Waals surface area (Å²) in [5.74, 6) is 2.31. The summed E-state index contributed by atoms with van der Waals surface area (Å²) >= 11 is 0. The van der Waals surface area contributed by atoms with Crippen molar-refractivity contribution < 1.29 is 0 Å². The number of aromatic nitrogens is 3. The Bertz CT molecular complexity index is 1130. The fraction of sp³-hybridized carbons (Fsp3) is 0.923. The Morgan fingerprint density at radius 2 is 1.13 bits per heavy atom. The number of hydrogen-bond donors (Lipinski definition) is 1. The van der Waals surface area contributed by atoms with E-state index in [1.54, 1.807) is 0 Å². The van der Waals surface area contributed by atoms with Crippen molar-refractivity contribution in [3.8, 4) is 0 Å². The number of aryl methyl sites for hydroxylation is 1. The van der Waals surface area contributed by atoms with Crippen LogP contribution < -0.4 is 10.2 Å². The van der Waals surface area contributed by atoms with Crippen LogP contribution in [-0.2, 0) is 0 Å². The van der Waals surface area contributed by atoms with Crippen LogP contribution in [0.5, 0.6) is 0 Å². The van der Waals surface area contributed by atoms with Crippen molar-refractivity contribution in [2.24, 2.45) is 5.41 Å². The van der Waals surface area contributed by atoms with Gasteiger partial charge in [0.1, 0.15) is 5.82 Å². The van der Waals surface area contributed by atoms with Crippen LogP contribution in [0.4, 0.5) is 11.9 Å². The molecule has 0 amide bonds. The Labute approximate surface area is 291 Å². The number of rotatable bonds is 13. The van der Waals surface area contributed by atoms with E-state index in [0.717, 1.165) is 44.0 Å². The summed E-state index contributed by atoms with van der Waals surface area (Å²) in [6.07, 6.45) is 10.5. The first-order valence-corrected chi connectivity index (χ1v) is 18.7. The molecule has 8 nitrogen and oxygen atoms in total. The van der Waals surface area contributed by atoms with Crippen LogP contribution >= 0.6 is 0 Å². The lowest BCUT2D eigenvalue weighted by Crippen LogP contribution is -2.63. The largest absolute Gasteiger partial charge is 0.349 e. The number of nitrogens with one attached hydrogen (secondary N) is 1. The van der Waals surface area contributed by atoms with Gasteiger partial charge in [-0.05, 0) is 154 Å². The van der Waals surface area contributed by atoms with Crippen LogP contribution in [-0.4, -0.2) is 104 Å². The van der Waals surface area contributed by atoms with Gasteiger partial charge in [-0.15, -0.1) is 0 Å². The number of hydrogen-bond acceptors (Lipinski definition) is 8. The molecule has 0 spiro atoms. The monoisotopic (exact) mass is 657 g/mol. The number of anilines is 2. The van der Waals surface area contributed by atoms with E-state index in [-0.39, 0.29) is 33.1 Å². The van der Waals surface area contributed by atoms with Gasteiger partial charge in [0.2, 0.25) is 11.9 Å². The molecule has 2 fully saturated rings. The van der Waals surface area contributed by atoms with Crippen molar-refractivity contribution in [3.63, 3.8) is 0 Å². The normalized spacial score (nSPS) is 22.5. The third kappa shape index (κ3) is 10.7. The molecule has 2 saturated heterocycles. The van der Waals surface area contributed by atoms with Gasteiger partial charge in [-0.3, -0.25) is 9.80 Å². The number of piperidine rings is 2. The van der Waals surface area contributed by atoms with Gasteiger partial charge in [0, 0.05) is 46.3 Å². The Morgan fingerprint density at radius 3 is 1.60 bits per heavy atom. The second-order valence-corrected chi connectivity index (χ2v) is 19.8. The predicted octanol–water partition coefficient (Wildman–Crippen LogP) is 8.41. The molecule has 1 aromatic heterocycles. The zero-order chi connectivity index (χ0) is 35.8. The van der Waals surface area contributed by atoms with Crippen molar-refractivity contribution in [1.29, 1.82) is 0 Å². The van der Waals surface area contributed by atoms with Crippen molar-refractivity contribution in [2.45, 2.75) is 194 Å². The van der Waals surface area contributed by atoms with Gasteiger partial charge in [0.15, 0.2) is 0 Å². The summed E-state index contributed by atoms with van der Waals surface area (Å²) in [6.45, 7) is 34.7. The Hall–Kier alpha value is -1.51. The van der Waals surface area contributed by atoms with Gasteiger partial charge in [-0.1, -0.05) is 33.6 Å². The first kappa shape index (κ1) is 39.9. The maximum atomic E-state index is 5.13. The topological polar surface area (TPSA) is 63.7 Å². The third-order valence-corrected chi connectivity index (χ3v) is 11.7. The van der Waals surface area contributed by atoms with E-state index < -0.39 is 0 Å². The minimum Gasteiger partial charge on any atom is -0.349 e. The summed E-state index contributed by atoms with van der Waals surface area (Å²) in [4.78, 5) is 25.2. The summed E-state index contributed by atoms with van der Waals surface area (Å²) in [7, 11) is 6.94. The minimum atomic E-state index is -0.127. The zero-order valence-corrected chi connectivity index (χ0v) is 34.1. The first-order chi connectivity index (χ1) is 21.2. The molecule has 1 aromatic rings. The molecule has 1 N–H and O–H groups in total. The lowest BCUT2D eigenvalue weighted by atomic mass is 9.77. The van der Waals surface area contributed by atoms with E-state index in [9.17, 15) is 0 Å². The third-order valence-electron chi connectivity index (χ3n) is 11.7. The van der Waals surface area contributed by atoms with Gasteiger partial charge >= 0.3 is 0 Å². The summed E-state index contributed by atoms with van der Waals surface area (Å²) in [5, 5.41) is 3.68. The molecule has 2 aliphatic heterocycles. The average Bonchev–Trinajstić information content (AvgIpc) is 2.86. The van der Waals surface area contributed by atoms with Crippen LogP contribution in [0.3, 0.4) is 0 Å². The van der Waals surface area contributed by atoms with E-state index in [4.69, 9.17) is 15.0 Å². The molecule has 2 aliphatic rings. The van der Waals surface area contributed by atoms with Crippen LogP contribution in [0.15, 0.2) is 0 Å². The van der Waals surface area contributed by atoms with Gasteiger partial charge in [0.25, 0.3) is 0 Å². The number of unbranched alkanes of at least 4 members (excludes halogenated alkanes) is 3. The maximum Gasteiger partial charge on any atom is 0.230 e. The molecule has 0 saturated carbocycles. The molecule has 0 aliphatic carbocycles. The summed E-state index contributed by atoms with van der Waals surface area (Å²) < 4.78 is 0. The molecule has 0 radical (unpaired) electrons. The Morgan fingerprint density at radius 1 is 0.681 bits per heavy atom. The molecule has 8 heteroatoms. The second-order valence-electron chi connectivity index (χ2n) is 19.8.